The summed E-state index contributed by atoms with van der Waals surface area (Å²) in [5, 5.41) is 21.9. The summed E-state index contributed by atoms with van der Waals surface area (Å²) in [4.78, 5) is 16.0. The van der Waals surface area contributed by atoms with Crippen LogP contribution in [-0.2, 0) is 5.60 Å². The van der Waals surface area contributed by atoms with Crippen LogP contribution < -0.4 is 15.4 Å². The molecule has 1 aliphatic rings. The number of anilines is 1. The molecule has 3 aromatic carbocycles. The van der Waals surface area contributed by atoms with Gasteiger partial charge >= 0.3 is 0 Å². The smallest absolute Gasteiger partial charge is 0.248 e. The van der Waals surface area contributed by atoms with Crippen molar-refractivity contribution in [3.63, 3.8) is 0 Å². The molecule has 2 atom stereocenters. The minimum atomic E-state index is -1.11. The van der Waals surface area contributed by atoms with Gasteiger partial charge in [-0.05, 0) is 56.2 Å². The molecule has 1 heterocycles. The van der Waals surface area contributed by atoms with Crippen molar-refractivity contribution in [1.82, 2.24) is 4.90 Å². The molecule has 0 radical (unpaired) electrons. The van der Waals surface area contributed by atoms with E-state index in [4.69, 9.17) is 22.1 Å². The Kier molecular flexibility index (Phi) is 8.33. The molecule has 3 aromatic rings. The summed E-state index contributed by atoms with van der Waals surface area (Å²) in [6, 6.07) is 22.7. The molecule has 4 N–H and O–H groups in total. The highest BCUT2D eigenvalue weighted by molar-refractivity contribution is 6.33. The number of hydrogen-bond acceptors (Lipinski definition) is 6. The largest absolute Gasteiger partial charge is 0.491 e. The van der Waals surface area contributed by atoms with E-state index in [1.54, 1.807) is 51.1 Å². The van der Waals surface area contributed by atoms with Gasteiger partial charge in [-0.25, -0.2) is 0 Å². The predicted molar refractivity (Wildman–Crippen MR) is 151 cm³/mol. The van der Waals surface area contributed by atoms with Crippen molar-refractivity contribution in [3.05, 3.63) is 94.5 Å². The molecule has 1 amide bonds. The number of ether oxygens (including phenoxy) is 1. The maximum atomic E-state index is 11.4. The third-order valence-corrected chi connectivity index (χ3v) is 7.10. The first-order valence-electron chi connectivity index (χ1n) is 12.7. The molecule has 7 nitrogen and oxygen atoms in total. The zero-order chi connectivity index (χ0) is 27.5. The van der Waals surface area contributed by atoms with Gasteiger partial charge in [-0.1, -0.05) is 54.1 Å². The highest BCUT2D eigenvalue weighted by atomic mass is 35.5. The Bertz CT molecular complexity index is 1240. The quantitative estimate of drug-likeness (QED) is 0.375. The summed E-state index contributed by atoms with van der Waals surface area (Å²) < 4.78 is 5.72. The van der Waals surface area contributed by atoms with Crippen molar-refractivity contribution in [2.45, 2.75) is 38.0 Å². The molecule has 1 aliphatic heterocycles. The number of carbonyl (C=O) groups is 1. The van der Waals surface area contributed by atoms with E-state index in [2.05, 4.69) is 21.9 Å². The Hall–Kier alpha value is -3.10. The second-order valence-corrected chi connectivity index (χ2v) is 11.2. The minimum Gasteiger partial charge on any atom is -0.491 e. The lowest BCUT2D eigenvalue weighted by Crippen LogP contribution is -2.52. The first-order valence-corrected chi connectivity index (χ1v) is 13.1. The number of rotatable bonds is 9. The lowest BCUT2D eigenvalue weighted by molar-refractivity contribution is 0.0103. The third kappa shape index (κ3) is 6.85. The number of primary amides is 1. The van der Waals surface area contributed by atoms with E-state index >= 15 is 0 Å². The molecule has 8 heteroatoms. The Labute approximate surface area is 229 Å². The maximum Gasteiger partial charge on any atom is 0.248 e. The Morgan fingerprint density at radius 3 is 2.32 bits per heavy atom. The second kappa shape index (κ2) is 11.3. The van der Waals surface area contributed by atoms with Crippen LogP contribution in [0, 0.1) is 0 Å². The number of piperazine rings is 1. The zero-order valence-electron chi connectivity index (χ0n) is 22.1. The molecular weight excluding hydrogens is 502 g/mol. The van der Waals surface area contributed by atoms with Gasteiger partial charge in [-0.3, -0.25) is 9.69 Å². The predicted octanol–water partition coefficient (Wildman–Crippen LogP) is 4.36. The average Bonchev–Trinajstić information content (AvgIpc) is 2.88. The van der Waals surface area contributed by atoms with Gasteiger partial charge in [0.1, 0.15) is 12.4 Å². The zero-order valence-corrected chi connectivity index (χ0v) is 22.9. The molecule has 38 heavy (non-hydrogen) atoms. The Morgan fingerprint density at radius 1 is 1.03 bits per heavy atom. The fourth-order valence-corrected chi connectivity index (χ4v) is 5.10. The number of β-amino-alcohol motifs (C(OH)–C–C–N with tert-alkyl or cyclic N) is 1. The summed E-state index contributed by atoms with van der Waals surface area (Å²) in [7, 11) is 0. The van der Waals surface area contributed by atoms with Crippen LogP contribution in [0.25, 0.3) is 0 Å². The molecule has 1 saturated heterocycles. The number of halogens is 1. The van der Waals surface area contributed by atoms with E-state index in [0.29, 0.717) is 36.0 Å². The molecule has 0 aliphatic carbocycles. The van der Waals surface area contributed by atoms with Crippen LogP contribution >= 0.6 is 11.6 Å². The van der Waals surface area contributed by atoms with Gasteiger partial charge < -0.3 is 25.6 Å². The second-order valence-electron chi connectivity index (χ2n) is 10.8. The normalized spacial score (nSPS) is 18.2. The topological polar surface area (TPSA) is 99.3 Å². The van der Waals surface area contributed by atoms with Crippen LogP contribution in [0.3, 0.4) is 0 Å². The first kappa shape index (κ1) is 27.9. The number of aliphatic hydroxyl groups is 2. The number of amides is 1. The fourth-order valence-electron chi connectivity index (χ4n) is 4.82. The summed E-state index contributed by atoms with van der Waals surface area (Å²) in [5.74, 6) is 0.114. The van der Waals surface area contributed by atoms with Crippen LogP contribution in [0.15, 0.2) is 72.8 Å². The molecular formula is C30H36ClN3O4. The number of nitrogens with two attached hydrogens (primary N) is 1. The molecule has 0 aromatic heterocycles. The number of hydrogen-bond donors (Lipinski definition) is 3. The van der Waals surface area contributed by atoms with E-state index in [0.717, 1.165) is 23.4 Å². The lowest BCUT2D eigenvalue weighted by Gasteiger charge is -2.45. The van der Waals surface area contributed by atoms with Gasteiger partial charge in [0, 0.05) is 37.8 Å². The van der Waals surface area contributed by atoms with Crippen molar-refractivity contribution in [2.75, 3.05) is 37.7 Å². The number of benzene rings is 3. The number of nitrogens with zero attached hydrogens (tertiary/aromatic N) is 2. The van der Waals surface area contributed by atoms with Crippen molar-refractivity contribution in [3.8, 4) is 5.75 Å². The van der Waals surface area contributed by atoms with Crippen molar-refractivity contribution < 1.29 is 19.7 Å². The number of carbonyl (C=O) groups excluding carboxylic acids is 1. The molecule has 0 unspecified atom stereocenters. The highest BCUT2D eigenvalue weighted by Crippen LogP contribution is 2.38. The molecule has 0 spiro atoms. The molecule has 0 bridgehead atoms. The van der Waals surface area contributed by atoms with Gasteiger partial charge in [-0.2, -0.15) is 0 Å². The van der Waals surface area contributed by atoms with Gasteiger partial charge in [-0.15, -0.1) is 0 Å². The summed E-state index contributed by atoms with van der Waals surface area (Å²) in [6.45, 7) is 7.90. The van der Waals surface area contributed by atoms with Gasteiger partial charge in [0.15, 0.2) is 0 Å². The monoisotopic (exact) mass is 537 g/mol. The van der Waals surface area contributed by atoms with Crippen molar-refractivity contribution in [2.24, 2.45) is 5.73 Å². The lowest BCUT2D eigenvalue weighted by atomic mass is 9.93. The average molecular weight is 538 g/mol. The third-order valence-electron chi connectivity index (χ3n) is 6.79. The fraction of sp³-hybridized carbons (Fsp3) is 0.367. The maximum absolute atomic E-state index is 11.4. The van der Waals surface area contributed by atoms with Gasteiger partial charge in [0.2, 0.25) is 5.91 Å². The van der Waals surface area contributed by atoms with Gasteiger partial charge in [0.25, 0.3) is 0 Å². The van der Waals surface area contributed by atoms with Crippen molar-refractivity contribution >= 4 is 23.2 Å². The molecule has 202 valence electrons. The van der Waals surface area contributed by atoms with Gasteiger partial charge in [0.05, 0.1) is 28.0 Å². The van der Waals surface area contributed by atoms with E-state index < -0.39 is 17.1 Å². The summed E-state index contributed by atoms with van der Waals surface area (Å²) >= 11 is 6.75. The molecule has 0 saturated carbocycles. The highest BCUT2D eigenvalue weighted by Gasteiger charge is 2.34. The van der Waals surface area contributed by atoms with E-state index in [-0.39, 0.29) is 12.6 Å². The molecule has 1 fully saturated rings. The molecule has 4 rings (SSSR count). The minimum absolute atomic E-state index is 0.0126. The van der Waals surface area contributed by atoms with Crippen LogP contribution in [0.5, 0.6) is 5.75 Å². The SMILES string of the molecule is CC(C)(O)COc1ccc(N2CCN(C[C@@](C)(O)c3ccc(C(N)=O)cc3)C[C@H]2c2ccccc2)c(Cl)c1. The van der Waals surface area contributed by atoms with E-state index in [1.807, 2.05) is 30.3 Å². The Balaban J connectivity index is 1.54. The van der Waals surface area contributed by atoms with Crippen LogP contribution in [0.4, 0.5) is 5.69 Å². The van der Waals surface area contributed by atoms with E-state index in [1.165, 1.54) is 0 Å². The van der Waals surface area contributed by atoms with Crippen LogP contribution in [0.2, 0.25) is 5.02 Å². The van der Waals surface area contributed by atoms with Crippen LogP contribution in [0.1, 0.15) is 48.3 Å². The van der Waals surface area contributed by atoms with E-state index in [9.17, 15) is 15.0 Å². The Morgan fingerprint density at radius 2 is 1.71 bits per heavy atom. The van der Waals surface area contributed by atoms with Crippen LogP contribution in [-0.4, -0.2) is 59.4 Å². The standard InChI is InChI=1S/C30H36ClN3O4/c1-29(2,36)20-38-24-13-14-26(25(31)17-24)34-16-15-33(18-27(34)21-7-5-4-6-8-21)19-30(3,37)23-11-9-22(10-12-23)28(32)35/h4-14,17,27,36-37H,15-16,18-20H2,1-3H3,(H2,32,35)/t27-,30+/m0/s1. The summed E-state index contributed by atoms with van der Waals surface area (Å²) in [6.07, 6.45) is 0. The van der Waals surface area contributed by atoms with Crippen molar-refractivity contribution in [1.29, 1.82) is 0 Å². The summed E-state index contributed by atoms with van der Waals surface area (Å²) in [5.41, 5.74) is 6.51. The first-order chi connectivity index (χ1) is 17.9.